The fraction of sp³-hybridized carbons (Fsp3) is 0.529. The van der Waals surface area contributed by atoms with Gasteiger partial charge in [0.1, 0.15) is 0 Å². The Labute approximate surface area is 136 Å². The maximum absolute atomic E-state index is 12.5. The summed E-state index contributed by atoms with van der Waals surface area (Å²) in [6, 6.07) is 5.98. The van der Waals surface area contributed by atoms with Crippen LogP contribution in [0.25, 0.3) is 5.52 Å². The highest BCUT2D eigenvalue weighted by Gasteiger charge is 2.17. The Morgan fingerprint density at radius 1 is 1.23 bits per heavy atom. The highest BCUT2D eigenvalue weighted by molar-refractivity contribution is 7.99. The van der Waals surface area contributed by atoms with Crippen LogP contribution in [0.4, 0.5) is 0 Å². The van der Waals surface area contributed by atoms with Crippen LogP contribution in [0.15, 0.2) is 35.7 Å². The molecule has 0 aromatic carbocycles. The lowest BCUT2D eigenvalue weighted by atomic mass is 10.1. The quantitative estimate of drug-likeness (QED) is 0.732. The number of hydrogen-bond donors (Lipinski definition) is 0. The molecule has 2 rings (SSSR count). The molecular weight excluding hydrogens is 294 g/mol. The van der Waals surface area contributed by atoms with E-state index in [0.717, 1.165) is 23.8 Å². The summed E-state index contributed by atoms with van der Waals surface area (Å²) in [4.78, 5) is 18.9. The van der Waals surface area contributed by atoms with Crippen molar-refractivity contribution in [1.82, 2.24) is 14.3 Å². The monoisotopic (exact) mass is 319 g/mol. The molecular formula is C17H25N3OS. The zero-order chi connectivity index (χ0) is 16.1. The average Bonchev–Trinajstić information content (AvgIpc) is 2.86. The molecule has 2 aromatic rings. The van der Waals surface area contributed by atoms with Gasteiger partial charge in [-0.25, -0.2) is 4.98 Å². The lowest BCUT2D eigenvalue weighted by Crippen LogP contribution is -2.38. The Balaban J connectivity index is 2.00. The summed E-state index contributed by atoms with van der Waals surface area (Å²) in [5, 5.41) is 0.873. The van der Waals surface area contributed by atoms with E-state index in [1.165, 1.54) is 11.8 Å². The van der Waals surface area contributed by atoms with Gasteiger partial charge in [0.25, 0.3) is 0 Å². The smallest absolute Gasteiger partial charge is 0.233 e. The largest absolute Gasteiger partial charge is 0.341 e. The van der Waals surface area contributed by atoms with Gasteiger partial charge in [-0.2, -0.15) is 0 Å². The fourth-order valence-corrected chi connectivity index (χ4v) is 3.27. The summed E-state index contributed by atoms with van der Waals surface area (Å²) in [6.45, 7) is 10.2. The van der Waals surface area contributed by atoms with Crippen molar-refractivity contribution in [2.75, 3.05) is 18.8 Å². The molecule has 2 heterocycles. The molecule has 2 aromatic heterocycles. The van der Waals surface area contributed by atoms with Crippen molar-refractivity contribution in [2.24, 2.45) is 11.8 Å². The van der Waals surface area contributed by atoms with E-state index < -0.39 is 0 Å². The summed E-state index contributed by atoms with van der Waals surface area (Å²) in [7, 11) is 0. The van der Waals surface area contributed by atoms with Gasteiger partial charge < -0.3 is 4.90 Å². The van der Waals surface area contributed by atoms with E-state index in [9.17, 15) is 4.79 Å². The van der Waals surface area contributed by atoms with Crippen LogP contribution in [0, 0.1) is 11.8 Å². The third kappa shape index (κ3) is 4.50. The van der Waals surface area contributed by atoms with Gasteiger partial charge in [-0.05, 0) is 24.0 Å². The Morgan fingerprint density at radius 3 is 2.55 bits per heavy atom. The van der Waals surface area contributed by atoms with Crippen LogP contribution in [-0.4, -0.2) is 39.0 Å². The minimum Gasteiger partial charge on any atom is -0.341 e. The van der Waals surface area contributed by atoms with Crippen LogP contribution >= 0.6 is 11.8 Å². The predicted molar refractivity (Wildman–Crippen MR) is 92.2 cm³/mol. The van der Waals surface area contributed by atoms with Crippen molar-refractivity contribution in [3.63, 3.8) is 0 Å². The van der Waals surface area contributed by atoms with Gasteiger partial charge in [0.05, 0.1) is 17.5 Å². The van der Waals surface area contributed by atoms with E-state index in [2.05, 4.69) is 32.7 Å². The molecule has 0 spiro atoms. The standard InChI is InChI=1S/C17H25N3OS/c1-13(2)10-19(11-14(3)4)16(21)12-22-17-18-9-15-7-5-6-8-20(15)17/h5-9,13-14H,10-12H2,1-4H3. The van der Waals surface area contributed by atoms with E-state index in [1.807, 2.05) is 39.9 Å². The Hall–Kier alpha value is -1.49. The number of aromatic nitrogens is 2. The summed E-state index contributed by atoms with van der Waals surface area (Å²) in [5.41, 5.74) is 1.05. The minimum absolute atomic E-state index is 0.195. The van der Waals surface area contributed by atoms with Gasteiger partial charge in [-0.15, -0.1) is 0 Å². The van der Waals surface area contributed by atoms with Crippen LogP contribution in [0.2, 0.25) is 0 Å². The Kier molecular flexibility index (Phi) is 5.89. The second-order valence-corrected chi connectivity index (χ2v) is 7.35. The fourth-order valence-electron chi connectivity index (χ4n) is 2.40. The zero-order valence-corrected chi connectivity index (χ0v) is 14.6. The van der Waals surface area contributed by atoms with Gasteiger partial charge in [0, 0.05) is 19.3 Å². The number of carbonyl (C=O) groups is 1. The van der Waals surface area contributed by atoms with E-state index in [-0.39, 0.29) is 5.91 Å². The highest BCUT2D eigenvalue weighted by atomic mass is 32.2. The molecule has 0 radical (unpaired) electrons. The molecule has 0 saturated heterocycles. The highest BCUT2D eigenvalue weighted by Crippen LogP contribution is 2.19. The van der Waals surface area contributed by atoms with Gasteiger partial charge in [0.2, 0.25) is 5.91 Å². The van der Waals surface area contributed by atoms with Crippen LogP contribution in [0.1, 0.15) is 27.7 Å². The number of carbonyl (C=O) groups excluding carboxylic acids is 1. The zero-order valence-electron chi connectivity index (χ0n) is 13.8. The number of hydrogen-bond acceptors (Lipinski definition) is 3. The number of fused-ring (bicyclic) bond motifs is 1. The molecule has 1 amide bonds. The molecule has 0 aliphatic carbocycles. The van der Waals surface area contributed by atoms with Crippen LogP contribution < -0.4 is 0 Å². The summed E-state index contributed by atoms with van der Waals surface area (Å²) < 4.78 is 2.02. The minimum atomic E-state index is 0.195. The number of imidazole rings is 1. The summed E-state index contributed by atoms with van der Waals surface area (Å²) >= 11 is 1.51. The Morgan fingerprint density at radius 2 is 1.91 bits per heavy atom. The van der Waals surface area contributed by atoms with Gasteiger partial charge in [-0.1, -0.05) is 45.5 Å². The maximum Gasteiger partial charge on any atom is 0.233 e. The molecule has 4 nitrogen and oxygen atoms in total. The van der Waals surface area contributed by atoms with Gasteiger partial charge in [-0.3, -0.25) is 9.20 Å². The molecule has 120 valence electrons. The lowest BCUT2D eigenvalue weighted by molar-refractivity contribution is -0.129. The second kappa shape index (κ2) is 7.68. The lowest BCUT2D eigenvalue weighted by Gasteiger charge is -2.26. The Bertz CT molecular complexity index is 611. The maximum atomic E-state index is 12.5. The first-order valence-corrected chi connectivity index (χ1v) is 8.78. The van der Waals surface area contributed by atoms with Gasteiger partial charge >= 0.3 is 0 Å². The first-order chi connectivity index (χ1) is 10.5. The normalized spacial score (nSPS) is 11.5. The van der Waals surface area contributed by atoms with Crippen LogP contribution in [-0.2, 0) is 4.79 Å². The van der Waals surface area contributed by atoms with Crippen LogP contribution in [0.5, 0.6) is 0 Å². The van der Waals surface area contributed by atoms with Gasteiger partial charge in [0.15, 0.2) is 5.16 Å². The molecule has 0 saturated carbocycles. The summed E-state index contributed by atoms with van der Waals surface area (Å²) in [6.07, 6.45) is 3.82. The first-order valence-electron chi connectivity index (χ1n) is 7.80. The molecule has 0 N–H and O–H groups in total. The molecule has 5 heteroatoms. The van der Waals surface area contributed by atoms with Crippen molar-refractivity contribution < 1.29 is 4.79 Å². The van der Waals surface area contributed by atoms with Crippen molar-refractivity contribution in [3.8, 4) is 0 Å². The van der Waals surface area contributed by atoms with Crippen molar-refractivity contribution in [1.29, 1.82) is 0 Å². The van der Waals surface area contributed by atoms with E-state index in [4.69, 9.17) is 0 Å². The SMILES string of the molecule is CC(C)CN(CC(C)C)C(=O)CSc1ncc2ccccn12. The number of amides is 1. The number of nitrogens with zero attached hydrogens (tertiary/aromatic N) is 3. The molecule has 0 aliphatic rings. The second-order valence-electron chi connectivity index (χ2n) is 6.41. The van der Waals surface area contributed by atoms with E-state index in [1.54, 1.807) is 0 Å². The number of thioether (sulfide) groups is 1. The van der Waals surface area contributed by atoms with Crippen molar-refractivity contribution >= 4 is 23.2 Å². The predicted octanol–water partition coefficient (Wildman–Crippen LogP) is 3.57. The van der Waals surface area contributed by atoms with Crippen LogP contribution in [0.3, 0.4) is 0 Å². The number of rotatable bonds is 7. The van der Waals surface area contributed by atoms with Crippen molar-refractivity contribution in [3.05, 3.63) is 30.6 Å². The topological polar surface area (TPSA) is 37.6 Å². The number of pyridine rings is 1. The first kappa shape index (κ1) is 16.9. The molecule has 22 heavy (non-hydrogen) atoms. The third-order valence-corrected chi connectivity index (χ3v) is 4.20. The van der Waals surface area contributed by atoms with E-state index >= 15 is 0 Å². The third-order valence-electron chi connectivity index (χ3n) is 3.25. The molecule has 0 bridgehead atoms. The molecule has 0 unspecified atom stereocenters. The summed E-state index contributed by atoms with van der Waals surface area (Å²) in [5.74, 6) is 1.60. The van der Waals surface area contributed by atoms with E-state index in [0.29, 0.717) is 17.6 Å². The molecule has 0 fully saturated rings. The van der Waals surface area contributed by atoms with Crippen molar-refractivity contribution in [2.45, 2.75) is 32.9 Å². The average molecular weight is 319 g/mol. The molecule has 0 aliphatic heterocycles. The molecule has 0 atom stereocenters.